The van der Waals surface area contributed by atoms with Gasteiger partial charge in [-0.25, -0.2) is 4.79 Å². The predicted octanol–water partition coefficient (Wildman–Crippen LogP) is 2.37. The molecule has 186 valence electrons. The molecule has 9 heteroatoms. The summed E-state index contributed by atoms with van der Waals surface area (Å²) in [4.78, 5) is 55.9. The lowest BCUT2D eigenvalue weighted by atomic mass is 10.0. The summed E-state index contributed by atoms with van der Waals surface area (Å²) < 4.78 is 5.43. The molecule has 3 rings (SSSR count). The van der Waals surface area contributed by atoms with Gasteiger partial charge < -0.3 is 15.0 Å². The predicted molar refractivity (Wildman–Crippen MR) is 127 cm³/mol. The summed E-state index contributed by atoms with van der Waals surface area (Å²) in [5.41, 5.74) is 0.181. The Morgan fingerprint density at radius 2 is 1.56 bits per heavy atom. The molecule has 2 heterocycles. The van der Waals surface area contributed by atoms with Crippen LogP contribution >= 0.6 is 0 Å². The molecule has 4 amide bonds. The summed E-state index contributed by atoms with van der Waals surface area (Å²) in [6.07, 6.45) is 0.442. The van der Waals surface area contributed by atoms with E-state index < -0.39 is 23.5 Å². The third-order valence-electron chi connectivity index (χ3n) is 5.98. The highest BCUT2D eigenvalue weighted by Gasteiger charge is 2.43. The molecule has 1 fully saturated rings. The smallest absolute Gasteiger partial charge is 0.410 e. The lowest BCUT2D eigenvalue weighted by molar-refractivity contribution is -0.126. The number of carbonyl (C=O) groups excluding carboxylic acids is 4. The molecule has 0 aliphatic carbocycles. The lowest BCUT2D eigenvalue weighted by Gasteiger charge is -2.35. The molecular weight excluding hydrogens is 436 g/mol. The van der Waals surface area contributed by atoms with E-state index in [1.165, 1.54) is 0 Å². The van der Waals surface area contributed by atoms with E-state index in [1.807, 2.05) is 34.6 Å². The molecule has 2 aliphatic heterocycles. The highest BCUT2D eigenvalue weighted by Crippen LogP contribution is 2.27. The third-order valence-corrected chi connectivity index (χ3v) is 5.98. The van der Waals surface area contributed by atoms with Crippen LogP contribution in [-0.4, -0.2) is 89.4 Å². The molecule has 1 atom stereocenters. The first-order valence-electron chi connectivity index (χ1n) is 11.9. The Kier molecular flexibility index (Phi) is 7.97. The van der Waals surface area contributed by atoms with Crippen molar-refractivity contribution in [1.29, 1.82) is 0 Å². The molecule has 0 spiro atoms. The number of carbonyl (C=O) groups is 4. The van der Waals surface area contributed by atoms with Gasteiger partial charge in [-0.3, -0.25) is 24.2 Å². The highest BCUT2D eigenvalue weighted by atomic mass is 16.6. The molecule has 1 saturated heterocycles. The lowest BCUT2D eigenvalue weighted by Crippen LogP contribution is -2.53. The SMILES string of the molecule is CC(C)C(C(=O)NCCCN1CCN(C(=O)OC(C)(C)C)CC1)N1C(=O)c2ccccc2C1=O. The molecule has 9 nitrogen and oxygen atoms in total. The molecule has 0 aromatic heterocycles. The zero-order valence-corrected chi connectivity index (χ0v) is 20.8. The molecule has 0 radical (unpaired) electrons. The van der Waals surface area contributed by atoms with E-state index >= 15 is 0 Å². The maximum atomic E-state index is 13.0. The molecule has 1 aromatic rings. The fourth-order valence-corrected chi connectivity index (χ4v) is 4.28. The number of hydrogen-bond donors (Lipinski definition) is 1. The Labute approximate surface area is 201 Å². The van der Waals surface area contributed by atoms with Crippen molar-refractivity contribution in [2.75, 3.05) is 39.3 Å². The average molecular weight is 473 g/mol. The van der Waals surface area contributed by atoms with Crippen molar-refractivity contribution in [2.45, 2.75) is 52.7 Å². The summed E-state index contributed by atoms with van der Waals surface area (Å²) in [7, 11) is 0. The van der Waals surface area contributed by atoms with Gasteiger partial charge in [0.25, 0.3) is 11.8 Å². The van der Waals surface area contributed by atoms with Crippen LogP contribution in [0.5, 0.6) is 0 Å². The minimum atomic E-state index is -0.857. The number of imide groups is 1. The second kappa shape index (κ2) is 10.5. The largest absolute Gasteiger partial charge is 0.444 e. The fourth-order valence-electron chi connectivity index (χ4n) is 4.28. The minimum Gasteiger partial charge on any atom is -0.444 e. The Morgan fingerprint density at radius 1 is 1.00 bits per heavy atom. The minimum absolute atomic E-state index is 0.219. The second-order valence-electron chi connectivity index (χ2n) is 10.2. The Morgan fingerprint density at radius 3 is 2.06 bits per heavy atom. The normalized spacial score (nSPS) is 17.7. The molecule has 2 aliphatic rings. The van der Waals surface area contributed by atoms with Crippen molar-refractivity contribution in [3.63, 3.8) is 0 Å². The van der Waals surface area contributed by atoms with Gasteiger partial charge in [0.15, 0.2) is 0 Å². The zero-order valence-electron chi connectivity index (χ0n) is 20.8. The van der Waals surface area contributed by atoms with Crippen molar-refractivity contribution in [3.8, 4) is 0 Å². The van der Waals surface area contributed by atoms with Crippen LogP contribution in [0.4, 0.5) is 4.79 Å². The third kappa shape index (κ3) is 5.94. The monoisotopic (exact) mass is 472 g/mol. The van der Waals surface area contributed by atoms with Gasteiger partial charge in [0.05, 0.1) is 11.1 Å². The van der Waals surface area contributed by atoms with Crippen molar-refractivity contribution in [2.24, 2.45) is 5.92 Å². The van der Waals surface area contributed by atoms with E-state index in [0.29, 0.717) is 30.8 Å². The van der Waals surface area contributed by atoms with Crippen molar-refractivity contribution in [1.82, 2.24) is 20.0 Å². The first kappa shape index (κ1) is 25.7. The van der Waals surface area contributed by atoms with Crippen molar-refractivity contribution in [3.05, 3.63) is 35.4 Å². The zero-order chi connectivity index (χ0) is 25.0. The summed E-state index contributed by atoms with van der Waals surface area (Å²) in [6, 6.07) is 5.81. The maximum absolute atomic E-state index is 13.0. The first-order valence-corrected chi connectivity index (χ1v) is 11.9. The number of nitrogens with one attached hydrogen (secondary N) is 1. The molecule has 34 heavy (non-hydrogen) atoms. The van der Waals surface area contributed by atoms with Crippen molar-refractivity contribution >= 4 is 23.8 Å². The van der Waals surface area contributed by atoms with Gasteiger partial charge in [-0.15, -0.1) is 0 Å². The number of nitrogens with zero attached hydrogens (tertiary/aromatic N) is 3. The molecule has 0 saturated carbocycles. The summed E-state index contributed by atoms with van der Waals surface area (Å²) in [5, 5.41) is 2.90. The summed E-state index contributed by atoms with van der Waals surface area (Å²) in [5.74, 6) is -1.38. The standard InChI is InChI=1S/C25H36N4O5/c1-17(2)20(29-22(31)18-9-6-7-10-19(18)23(29)32)21(30)26-11-8-12-27-13-15-28(16-14-27)24(33)34-25(3,4)5/h6-7,9-10,17,20H,8,11-16H2,1-5H3,(H,26,30). The number of ether oxygens (including phenoxy) is 1. The number of fused-ring (bicyclic) bond motifs is 1. The van der Waals surface area contributed by atoms with Gasteiger partial charge in [-0.2, -0.15) is 0 Å². The number of piperazine rings is 1. The Hall–Kier alpha value is -2.94. The van der Waals surface area contributed by atoms with E-state index in [0.717, 1.165) is 31.0 Å². The van der Waals surface area contributed by atoms with Crippen LogP contribution in [0.3, 0.4) is 0 Å². The van der Waals surface area contributed by atoms with Crippen LogP contribution < -0.4 is 5.32 Å². The van der Waals surface area contributed by atoms with Gasteiger partial charge in [0, 0.05) is 32.7 Å². The van der Waals surface area contributed by atoms with Crippen LogP contribution in [0.15, 0.2) is 24.3 Å². The number of benzene rings is 1. The van der Waals surface area contributed by atoms with Gasteiger partial charge in [-0.1, -0.05) is 26.0 Å². The molecule has 1 unspecified atom stereocenters. The first-order chi connectivity index (χ1) is 16.0. The molecule has 1 aromatic carbocycles. The second-order valence-corrected chi connectivity index (χ2v) is 10.2. The Balaban J connectivity index is 1.45. The number of rotatable bonds is 7. The van der Waals surface area contributed by atoms with Crippen LogP contribution in [0, 0.1) is 5.92 Å². The van der Waals surface area contributed by atoms with Crippen LogP contribution in [0.1, 0.15) is 61.8 Å². The van der Waals surface area contributed by atoms with E-state index in [1.54, 1.807) is 29.2 Å². The van der Waals surface area contributed by atoms with Crippen molar-refractivity contribution < 1.29 is 23.9 Å². The number of amides is 4. The molecule has 0 bridgehead atoms. The van der Waals surface area contributed by atoms with Gasteiger partial charge in [0.1, 0.15) is 11.6 Å². The van der Waals surface area contributed by atoms with E-state index in [2.05, 4.69) is 10.2 Å². The summed E-state index contributed by atoms with van der Waals surface area (Å²) >= 11 is 0. The van der Waals surface area contributed by atoms with Crippen LogP contribution in [-0.2, 0) is 9.53 Å². The van der Waals surface area contributed by atoms with Crippen LogP contribution in [0.2, 0.25) is 0 Å². The fraction of sp³-hybridized carbons (Fsp3) is 0.600. The van der Waals surface area contributed by atoms with Gasteiger partial charge >= 0.3 is 6.09 Å². The van der Waals surface area contributed by atoms with E-state index in [4.69, 9.17) is 4.74 Å². The quantitative estimate of drug-likeness (QED) is 0.483. The maximum Gasteiger partial charge on any atom is 0.410 e. The number of hydrogen-bond acceptors (Lipinski definition) is 6. The van der Waals surface area contributed by atoms with Gasteiger partial charge in [0.2, 0.25) is 5.91 Å². The topological polar surface area (TPSA) is 99.3 Å². The highest BCUT2D eigenvalue weighted by molar-refractivity contribution is 6.22. The Bertz CT molecular complexity index is 896. The molecular formula is C25H36N4O5. The van der Waals surface area contributed by atoms with Gasteiger partial charge in [-0.05, 0) is 51.8 Å². The van der Waals surface area contributed by atoms with E-state index in [9.17, 15) is 19.2 Å². The summed E-state index contributed by atoms with van der Waals surface area (Å²) in [6.45, 7) is 13.2. The van der Waals surface area contributed by atoms with E-state index in [-0.39, 0.29) is 17.9 Å². The average Bonchev–Trinajstić information content (AvgIpc) is 3.01. The molecule has 1 N–H and O–H groups in total. The van der Waals surface area contributed by atoms with Crippen LogP contribution in [0.25, 0.3) is 0 Å².